The average molecular weight is 546 g/mol. The third-order valence-corrected chi connectivity index (χ3v) is 7.43. The van der Waals surface area contributed by atoms with Crippen molar-refractivity contribution >= 4 is 22.7 Å². The molecule has 3 unspecified atom stereocenters. The molecule has 208 valence electrons. The van der Waals surface area contributed by atoms with E-state index in [0.717, 1.165) is 10.7 Å². The molecule has 0 radical (unpaired) electrons. The monoisotopic (exact) mass is 545 g/mol. The van der Waals surface area contributed by atoms with Crippen LogP contribution in [-0.4, -0.2) is 44.0 Å². The van der Waals surface area contributed by atoms with Gasteiger partial charge in [-0.05, 0) is 34.1 Å². The first-order valence-corrected chi connectivity index (χ1v) is 12.7. The molecule has 9 nitrogen and oxygen atoms in total. The third-order valence-electron chi connectivity index (χ3n) is 7.43. The molecule has 1 saturated heterocycles. The predicted molar refractivity (Wildman–Crippen MR) is 139 cm³/mol. The highest BCUT2D eigenvalue weighted by Crippen LogP contribution is 2.55. The first-order chi connectivity index (χ1) is 18.2. The van der Waals surface area contributed by atoms with Gasteiger partial charge in [0.15, 0.2) is 5.82 Å². The Bertz CT molecular complexity index is 1600. The maximum absolute atomic E-state index is 14.8. The van der Waals surface area contributed by atoms with Crippen molar-refractivity contribution in [2.75, 3.05) is 18.4 Å². The van der Waals surface area contributed by atoms with Crippen LogP contribution in [0.15, 0.2) is 40.1 Å². The van der Waals surface area contributed by atoms with Gasteiger partial charge in [-0.15, -0.1) is 0 Å². The minimum absolute atomic E-state index is 0.00886. The van der Waals surface area contributed by atoms with E-state index in [2.05, 4.69) is 10.4 Å². The molecule has 5 rings (SSSR count). The van der Waals surface area contributed by atoms with Crippen LogP contribution in [0.3, 0.4) is 0 Å². The molecule has 2 aromatic heterocycles. The van der Waals surface area contributed by atoms with Gasteiger partial charge in [0.1, 0.15) is 11.4 Å². The molecule has 39 heavy (non-hydrogen) atoms. The van der Waals surface area contributed by atoms with E-state index in [9.17, 15) is 27.6 Å². The summed E-state index contributed by atoms with van der Waals surface area (Å²) >= 11 is 0. The number of hydrogen-bond acceptors (Lipinski definition) is 6. The molecular formula is C27H30F3N5O4. The second kappa shape index (κ2) is 9.13. The van der Waals surface area contributed by atoms with Gasteiger partial charge in [0.2, 0.25) is 0 Å². The summed E-state index contributed by atoms with van der Waals surface area (Å²) in [6.07, 6.45) is -1.20. The molecule has 1 aliphatic heterocycles. The number of anilines is 1. The summed E-state index contributed by atoms with van der Waals surface area (Å²) < 4.78 is 49.4. The number of pyridine rings is 1. The van der Waals surface area contributed by atoms with E-state index in [1.165, 1.54) is 25.2 Å². The molecule has 1 aliphatic carbocycles. The minimum Gasteiger partial charge on any atom is -0.444 e. The van der Waals surface area contributed by atoms with Crippen LogP contribution in [0.25, 0.3) is 10.8 Å². The Morgan fingerprint density at radius 2 is 1.90 bits per heavy atom. The van der Waals surface area contributed by atoms with Crippen LogP contribution < -0.4 is 16.4 Å². The van der Waals surface area contributed by atoms with Crippen LogP contribution in [0.2, 0.25) is 0 Å². The normalized spacial score (nSPS) is 21.3. The van der Waals surface area contributed by atoms with Gasteiger partial charge in [-0.1, -0.05) is 18.2 Å². The molecule has 1 aromatic carbocycles. The van der Waals surface area contributed by atoms with Crippen molar-refractivity contribution < 1.29 is 22.7 Å². The van der Waals surface area contributed by atoms with Gasteiger partial charge in [0.05, 0.1) is 22.5 Å². The van der Waals surface area contributed by atoms with Gasteiger partial charge in [-0.3, -0.25) is 9.59 Å². The third kappa shape index (κ3) is 4.65. The Morgan fingerprint density at radius 1 is 1.21 bits per heavy atom. The Kier molecular flexibility index (Phi) is 6.27. The molecule has 2 aliphatic rings. The van der Waals surface area contributed by atoms with Crippen molar-refractivity contribution in [2.24, 2.45) is 13.0 Å². The number of alkyl halides is 2. The number of benzene rings is 1. The van der Waals surface area contributed by atoms with E-state index in [0.29, 0.717) is 18.4 Å². The Hall–Kier alpha value is -3.83. The number of rotatable bonds is 5. The standard InChI is InChI=1S/C27H30F3N5O4/c1-14(16-7-6-8-17(21(16)28)22(29)30)31-23-19-12-35(20(36)9-18(19)24(37)33(5)32-23)27-10-15(27)11-34(13-27)25(38)39-26(2,3)4/h6-9,12,14-15,22H,10-11,13H2,1-5H3,(H,31,32). The van der Waals surface area contributed by atoms with Gasteiger partial charge in [0, 0.05) is 49.3 Å². The second-order valence-corrected chi connectivity index (χ2v) is 11.4. The second-order valence-electron chi connectivity index (χ2n) is 11.4. The maximum Gasteiger partial charge on any atom is 0.410 e. The number of aromatic nitrogens is 3. The van der Waals surface area contributed by atoms with Gasteiger partial charge in [0.25, 0.3) is 17.5 Å². The number of halogens is 3. The van der Waals surface area contributed by atoms with Crippen LogP contribution in [0.4, 0.5) is 23.8 Å². The fourth-order valence-electron chi connectivity index (χ4n) is 5.42. The molecule has 2 fully saturated rings. The lowest BCUT2D eigenvalue weighted by atomic mass is 10.0. The Morgan fingerprint density at radius 3 is 2.56 bits per heavy atom. The number of fused-ring (bicyclic) bond motifs is 2. The summed E-state index contributed by atoms with van der Waals surface area (Å²) in [6, 6.07) is 4.23. The lowest BCUT2D eigenvalue weighted by Crippen LogP contribution is -2.40. The number of likely N-dealkylation sites (tertiary alicyclic amines) is 1. The van der Waals surface area contributed by atoms with Crippen LogP contribution in [-0.2, 0) is 17.3 Å². The number of nitrogens with one attached hydrogen (secondary N) is 1. The summed E-state index contributed by atoms with van der Waals surface area (Å²) in [5, 5.41) is 7.77. The quantitative estimate of drug-likeness (QED) is 0.513. The summed E-state index contributed by atoms with van der Waals surface area (Å²) in [7, 11) is 1.42. The van der Waals surface area contributed by atoms with Crippen LogP contribution in [0, 0.1) is 11.7 Å². The molecule has 1 N–H and O–H groups in total. The number of ether oxygens (including phenoxy) is 1. The number of nitrogens with zero attached hydrogens (tertiary/aromatic N) is 4. The zero-order chi connectivity index (χ0) is 28.4. The van der Waals surface area contributed by atoms with Crippen molar-refractivity contribution in [3.05, 3.63) is 68.1 Å². The fourth-order valence-corrected chi connectivity index (χ4v) is 5.42. The number of hydrogen-bond donors (Lipinski definition) is 1. The summed E-state index contributed by atoms with van der Waals surface area (Å²) in [4.78, 5) is 40.4. The minimum atomic E-state index is -2.97. The van der Waals surface area contributed by atoms with Crippen molar-refractivity contribution in [3.8, 4) is 0 Å². The average Bonchev–Trinajstić information content (AvgIpc) is 3.40. The van der Waals surface area contributed by atoms with Gasteiger partial charge >= 0.3 is 6.09 Å². The smallest absolute Gasteiger partial charge is 0.410 e. The zero-order valence-corrected chi connectivity index (χ0v) is 22.3. The van der Waals surface area contributed by atoms with Crippen LogP contribution >= 0.6 is 0 Å². The van der Waals surface area contributed by atoms with Gasteiger partial charge < -0.3 is 19.5 Å². The maximum atomic E-state index is 14.8. The van der Waals surface area contributed by atoms with E-state index in [-0.39, 0.29) is 29.2 Å². The Labute approximate surface area is 222 Å². The Balaban J connectivity index is 1.53. The topological polar surface area (TPSA) is 98.5 Å². The van der Waals surface area contributed by atoms with E-state index in [4.69, 9.17) is 4.74 Å². The van der Waals surface area contributed by atoms with Crippen molar-refractivity contribution in [1.82, 2.24) is 19.2 Å². The molecular weight excluding hydrogens is 515 g/mol. The van der Waals surface area contributed by atoms with E-state index < -0.39 is 52.2 Å². The summed E-state index contributed by atoms with van der Waals surface area (Å²) in [5.74, 6) is -0.793. The number of piperidine rings is 1. The SMILES string of the molecule is CC(Nc1nn(C)c(=O)c2cc(=O)n(C34CC3CN(C(=O)OC(C)(C)C)C4)cc12)c1cccc(C(F)F)c1F. The van der Waals surface area contributed by atoms with E-state index in [1.54, 1.807) is 43.4 Å². The predicted octanol–water partition coefficient (Wildman–Crippen LogP) is 4.31. The molecule has 1 amide bonds. The highest BCUT2D eigenvalue weighted by molar-refractivity contribution is 5.90. The first-order valence-electron chi connectivity index (χ1n) is 12.7. The van der Waals surface area contributed by atoms with Crippen LogP contribution in [0.5, 0.6) is 0 Å². The molecule has 0 spiro atoms. The van der Waals surface area contributed by atoms with Crippen molar-refractivity contribution in [3.63, 3.8) is 0 Å². The van der Waals surface area contributed by atoms with Crippen molar-refractivity contribution in [2.45, 2.75) is 57.7 Å². The number of aryl methyl sites for hydroxylation is 1. The number of amides is 1. The fraction of sp³-hybridized carbons (Fsp3) is 0.481. The molecule has 3 atom stereocenters. The highest BCUT2D eigenvalue weighted by Gasteiger charge is 2.63. The number of carbonyl (C=O) groups excluding carboxylic acids is 1. The van der Waals surface area contributed by atoms with Crippen LogP contribution in [0.1, 0.15) is 57.7 Å². The van der Waals surface area contributed by atoms with Gasteiger partial charge in [-0.2, -0.15) is 5.10 Å². The molecule has 1 saturated carbocycles. The molecule has 12 heteroatoms. The lowest BCUT2D eigenvalue weighted by molar-refractivity contribution is 0.0262. The lowest BCUT2D eigenvalue weighted by Gasteiger charge is -2.27. The highest BCUT2D eigenvalue weighted by atomic mass is 19.3. The zero-order valence-electron chi connectivity index (χ0n) is 22.3. The summed E-state index contributed by atoms with van der Waals surface area (Å²) in [5.41, 5.74) is -2.88. The molecule has 0 bridgehead atoms. The molecule has 3 heterocycles. The van der Waals surface area contributed by atoms with E-state index >= 15 is 0 Å². The number of carbonyl (C=O) groups is 1. The van der Waals surface area contributed by atoms with E-state index in [1.807, 2.05) is 0 Å². The molecule has 3 aromatic rings. The summed E-state index contributed by atoms with van der Waals surface area (Å²) in [6.45, 7) is 7.66. The van der Waals surface area contributed by atoms with Gasteiger partial charge in [-0.25, -0.2) is 22.6 Å². The first kappa shape index (κ1) is 26.8. The van der Waals surface area contributed by atoms with Crippen molar-refractivity contribution in [1.29, 1.82) is 0 Å². The largest absolute Gasteiger partial charge is 0.444 e.